The standard InChI is InChI=1S/C30H36F2N8O4S/c1-30(2)26-24(18-40(30)45(43,44)22-15-19(31)14-20(32)16-22)27(36-35-26)34-28(41)23-7-6-21(38-12-10-37(3)11-13-38)17-25(23)33-29(42)39-8-4-5-9-39/h6-7,14-17H,4-5,8-13,18H2,1-3H3,(H,33,42)(H2,34,35,36,41). The van der Waals surface area contributed by atoms with E-state index in [4.69, 9.17) is 0 Å². The number of H-pyrrole nitrogens is 1. The highest BCUT2D eigenvalue weighted by Gasteiger charge is 2.48. The summed E-state index contributed by atoms with van der Waals surface area (Å²) in [5.41, 5.74) is 1.14. The van der Waals surface area contributed by atoms with E-state index in [9.17, 15) is 26.8 Å². The average Bonchev–Trinajstić information content (AvgIpc) is 3.72. The molecule has 12 nitrogen and oxygen atoms in total. The number of hydrogen-bond donors (Lipinski definition) is 3. The van der Waals surface area contributed by atoms with Crippen LogP contribution in [0.4, 0.5) is 30.8 Å². The van der Waals surface area contributed by atoms with Crippen molar-refractivity contribution in [3.8, 4) is 0 Å². The zero-order chi connectivity index (χ0) is 32.1. The van der Waals surface area contributed by atoms with Gasteiger partial charge in [-0.3, -0.25) is 9.89 Å². The molecule has 2 aromatic carbocycles. The summed E-state index contributed by atoms with van der Waals surface area (Å²) in [6.45, 7) is 7.74. The first-order valence-corrected chi connectivity index (χ1v) is 16.3. The number of fused-ring (bicyclic) bond motifs is 1. The highest BCUT2D eigenvalue weighted by molar-refractivity contribution is 7.89. The van der Waals surface area contributed by atoms with Crippen LogP contribution in [0.25, 0.3) is 0 Å². The molecule has 15 heteroatoms. The lowest BCUT2D eigenvalue weighted by Crippen LogP contribution is -2.44. The van der Waals surface area contributed by atoms with Crippen LogP contribution >= 0.6 is 0 Å². The lowest BCUT2D eigenvalue weighted by molar-refractivity contribution is 0.102. The van der Waals surface area contributed by atoms with Crippen LogP contribution < -0.4 is 15.5 Å². The van der Waals surface area contributed by atoms with Gasteiger partial charge in [-0.15, -0.1) is 0 Å². The van der Waals surface area contributed by atoms with Crippen LogP contribution in [0.2, 0.25) is 0 Å². The van der Waals surface area contributed by atoms with Gasteiger partial charge >= 0.3 is 6.03 Å². The van der Waals surface area contributed by atoms with E-state index in [1.807, 2.05) is 6.07 Å². The fraction of sp³-hybridized carbons (Fsp3) is 0.433. The molecule has 4 heterocycles. The van der Waals surface area contributed by atoms with Gasteiger partial charge in [-0.25, -0.2) is 22.0 Å². The Morgan fingerprint density at radius 1 is 0.933 bits per heavy atom. The molecule has 3 N–H and O–H groups in total. The highest BCUT2D eigenvalue weighted by atomic mass is 32.2. The first-order valence-electron chi connectivity index (χ1n) is 14.9. The van der Waals surface area contributed by atoms with E-state index in [0.717, 1.165) is 61.1 Å². The third-order valence-electron chi connectivity index (χ3n) is 8.81. The number of benzene rings is 2. The molecule has 0 bridgehead atoms. The zero-order valence-corrected chi connectivity index (χ0v) is 26.2. The molecule has 3 amide bonds. The second-order valence-corrected chi connectivity index (χ2v) is 14.1. The van der Waals surface area contributed by atoms with Crippen molar-refractivity contribution in [2.75, 3.05) is 61.8 Å². The predicted octanol–water partition coefficient (Wildman–Crippen LogP) is 3.76. The maximum atomic E-state index is 13.9. The first-order chi connectivity index (χ1) is 21.3. The van der Waals surface area contributed by atoms with Crippen molar-refractivity contribution in [1.82, 2.24) is 24.3 Å². The number of rotatable bonds is 6. The molecule has 45 heavy (non-hydrogen) atoms. The van der Waals surface area contributed by atoms with Gasteiger partial charge in [0.15, 0.2) is 5.82 Å². The lowest BCUT2D eigenvalue weighted by Gasteiger charge is -2.34. The van der Waals surface area contributed by atoms with Crippen molar-refractivity contribution in [2.24, 2.45) is 0 Å². The minimum atomic E-state index is -4.34. The van der Waals surface area contributed by atoms with E-state index >= 15 is 0 Å². The van der Waals surface area contributed by atoms with Gasteiger partial charge in [0.05, 0.1) is 27.4 Å². The fourth-order valence-corrected chi connectivity index (χ4v) is 7.94. The molecule has 0 radical (unpaired) electrons. The van der Waals surface area contributed by atoms with Crippen LogP contribution in [0.1, 0.15) is 48.3 Å². The molecule has 0 atom stereocenters. The summed E-state index contributed by atoms with van der Waals surface area (Å²) in [4.78, 5) is 32.5. The van der Waals surface area contributed by atoms with Gasteiger partial charge in [0.25, 0.3) is 5.91 Å². The minimum Gasteiger partial charge on any atom is -0.369 e. The number of likely N-dealkylation sites (N-methyl/N-ethyl adjacent to an activating group) is 1. The molecule has 240 valence electrons. The third kappa shape index (κ3) is 5.87. The van der Waals surface area contributed by atoms with Crippen molar-refractivity contribution >= 4 is 39.2 Å². The highest BCUT2D eigenvalue weighted by Crippen LogP contribution is 2.44. The Bertz CT molecular complexity index is 1730. The number of amides is 3. The monoisotopic (exact) mass is 642 g/mol. The Balaban J connectivity index is 1.27. The van der Waals surface area contributed by atoms with Crippen molar-refractivity contribution in [1.29, 1.82) is 0 Å². The first kappa shape index (κ1) is 30.9. The molecule has 6 rings (SSSR count). The predicted molar refractivity (Wildman–Crippen MR) is 165 cm³/mol. The summed E-state index contributed by atoms with van der Waals surface area (Å²) in [7, 11) is -2.28. The third-order valence-corrected chi connectivity index (χ3v) is 10.8. The number of carbonyl (C=O) groups is 2. The summed E-state index contributed by atoms with van der Waals surface area (Å²) in [6, 6.07) is 7.17. The molecule has 3 aliphatic heterocycles. The number of hydrogen-bond acceptors (Lipinski definition) is 7. The topological polar surface area (TPSA) is 134 Å². The number of nitrogens with one attached hydrogen (secondary N) is 3. The van der Waals surface area contributed by atoms with Crippen LogP contribution in [0.5, 0.6) is 0 Å². The van der Waals surface area contributed by atoms with E-state index in [1.54, 1.807) is 30.9 Å². The summed E-state index contributed by atoms with van der Waals surface area (Å²) < 4.78 is 56.0. The molecule has 3 aliphatic rings. The summed E-state index contributed by atoms with van der Waals surface area (Å²) in [5, 5.41) is 12.8. The average molecular weight is 643 g/mol. The second-order valence-electron chi connectivity index (χ2n) is 12.2. The van der Waals surface area contributed by atoms with Gasteiger partial charge in [0.1, 0.15) is 11.6 Å². The normalized spacial score (nSPS) is 18.7. The molecular weight excluding hydrogens is 606 g/mol. The smallest absolute Gasteiger partial charge is 0.321 e. The van der Waals surface area contributed by atoms with Gasteiger partial charge in [0, 0.05) is 63.1 Å². The van der Waals surface area contributed by atoms with E-state index in [0.29, 0.717) is 36.1 Å². The Morgan fingerprint density at radius 3 is 2.27 bits per heavy atom. The van der Waals surface area contributed by atoms with Crippen LogP contribution in [-0.4, -0.2) is 91.0 Å². The molecule has 0 aliphatic carbocycles. The lowest BCUT2D eigenvalue weighted by atomic mass is 10.0. The molecule has 0 spiro atoms. The van der Waals surface area contributed by atoms with E-state index in [-0.39, 0.29) is 24.0 Å². The van der Waals surface area contributed by atoms with E-state index < -0.39 is 38.0 Å². The Labute approximate surface area is 260 Å². The van der Waals surface area contributed by atoms with E-state index in [1.165, 1.54) is 0 Å². The van der Waals surface area contributed by atoms with Gasteiger partial charge in [-0.05, 0) is 64.1 Å². The van der Waals surface area contributed by atoms with Crippen LogP contribution in [-0.2, 0) is 22.1 Å². The van der Waals surface area contributed by atoms with Gasteiger partial charge in [-0.2, -0.15) is 9.40 Å². The zero-order valence-electron chi connectivity index (χ0n) is 25.4. The second kappa shape index (κ2) is 11.7. The number of carbonyl (C=O) groups excluding carboxylic acids is 2. The summed E-state index contributed by atoms with van der Waals surface area (Å²) in [6.07, 6.45) is 1.84. The summed E-state index contributed by atoms with van der Waals surface area (Å²) >= 11 is 0. The number of urea groups is 1. The Morgan fingerprint density at radius 2 is 1.60 bits per heavy atom. The largest absolute Gasteiger partial charge is 0.369 e. The molecule has 2 saturated heterocycles. The van der Waals surface area contributed by atoms with Crippen LogP contribution in [0.3, 0.4) is 0 Å². The van der Waals surface area contributed by atoms with Crippen LogP contribution in [0, 0.1) is 11.6 Å². The maximum absolute atomic E-state index is 13.9. The Kier molecular flexibility index (Phi) is 8.03. The van der Waals surface area contributed by atoms with Gasteiger partial charge in [-0.1, -0.05) is 0 Å². The fourth-order valence-electron chi connectivity index (χ4n) is 6.17. The minimum absolute atomic E-state index is 0.117. The van der Waals surface area contributed by atoms with Crippen molar-refractivity contribution in [2.45, 2.75) is 43.7 Å². The van der Waals surface area contributed by atoms with Crippen LogP contribution in [0.15, 0.2) is 41.3 Å². The van der Waals surface area contributed by atoms with E-state index in [2.05, 4.69) is 37.7 Å². The molecule has 1 aromatic heterocycles. The molecule has 0 saturated carbocycles. The number of aromatic amines is 1. The number of likely N-dealkylation sites (tertiary alicyclic amines) is 1. The number of anilines is 3. The molecule has 2 fully saturated rings. The van der Waals surface area contributed by atoms with Gasteiger partial charge in [0.2, 0.25) is 10.0 Å². The molecule has 3 aromatic rings. The van der Waals surface area contributed by atoms with Crippen molar-refractivity contribution in [3.05, 3.63) is 64.9 Å². The van der Waals surface area contributed by atoms with Crippen molar-refractivity contribution in [3.63, 3.8) is 0 Å². The maximum Gasteiger partial charge on any atom is 0.321 e. The number of sulfonamides is 1. The quantitative estimate of drug-likeness (QED) is 0.373. The molecular formula is C30H36F2N8O4S. The Hall–Kier alpha value is -4.08. The SMILES string of the molecule is CN1CCN(c2ccc(C(=O)Nc3n[nH]c4c3CN(S(=O)(=O)c3cc(F)cc(F)c3)C4(C)C)c(NC(=O)N3CCCC3)c2)CC1. The summed E-state index contributed by atoms with van der Waals surface area (Å²) in [5.74, 6) is -2.45. The van der Waals surface area contributed by atoms with Gasteiger partial charge < -0.3 is 25.3 Å². The number of halogens is 2. The number of aromatic nitrogens is 2. The number of nitrogens with zero attached hydrogens (tertiary/aromatic N) is 5. The molecule has 0 unspecified atom stereocenters. The van der Waals surface area contributed by atoms with Crippen molar-refractivity contribution < 1.29 is 26.8 Å². The number of piperazine rings is 1.